The van der Waals surface area contributed by atoms with E-state index in [0.29, 0.717) is 11.1 Å². The molecule has 0 aliphatic carbocycles. The van der Waals surface area contributed by atoms with Crippen LogP contribution in [0, 0.1) is 11.3 Å². The molecule has 0 unspecified atom stereocenters. The summed E-state index contributed by atoms with van der Waals surface area (Å²) in [5.41, 5.74) is 1.21. The van der Waals surface area contributed by atoms with E-state index in [1.54, 1.807) is 25.1 Å². The number of carbonyl (C=O) groups is 1. The van der Waals surface area contributed by atoms with E-state index in [1.807, 2.05) is 6.07 Å². The summed E-state index contributed by atoms with van der Waals surface area (Å²) in [6, 6.07) is 7.03. The standard InChI is InChI=1S/C12H13NO3S/c1-8(14)10-4-3-9(6-13)5-11(10)17-7-12(15)16-2/h3-5,8,14H,7H2,1-2H3/t8-/m1/s1. The molecule has 17 heavy (non-hydrogen) atoms. The Morgan fingerprint density at radius 3 is 2.88 bits per heavy atom. The maximum Gasteiger partial charge on any atom is 0.315 e. The van der Waals surface area contributed by atoms with Gasteiger partial charge < -0.3 is 9.84 Å². The number of aliphatic hydroxyl groups excluding tert-OH is 1. The zero-order valence-electron chi connectivity index (χ0n) is 9.64. The molecule has 5 heteroatoms. The molecule has 0 spiro atoms. The fourth-order valence-corrected chi connectivity index (χ4v) is 2.28. The number of ether oxygens (including phenoxy) is 1. The minimum atomic E-state index is -0.636. The number of rotatable bonds is 4. The van der Waals surface area contributed by atoms with Crippen molar-refractivity contribution in [1.82, 2.24) is 0 Å². The average molecular weight is 251 g/mol. The molecule has 0 heterocycles. The first-order valence-corrected chi connectivity index (χ1v) is 5.98. The highest BCUT2D eigenvalue weighted by atomic mass is 32.2. The number of aliphatic hydroxyl groups is 1. The lowest BCUT2D eigenvalue weighted by molar-refractivity contribution is -0.137. The van der Waals surface area contributed by atoms with Crippen molar-refractivity contribution < 1.29 is 14.6 Å². The average Bonchev–Trinajstić information content (AvgIpc) is 2.35. The summed E-state index contributed by atoms with van der Waals surface area (Å²) in [7, 11) is 1.32. The van der Waals surface area contributed by atoms with Crippen LogP contribution in [-0.2, 0) is 9.53 Å². The zero-order valence-corrected chi connectivity index (χ0v) is 10.5. The first kappa shape index (κ1) is 13.6. The second-order valence-electron chi connectivity index (χ2n) is 3.41. The van der Waals surface area contributed by atoms with E-state index < -0.39 is 6.10 Å². The molecule has 0 saturated carbocycles. The van der Waals surface area contributed by atoms with Gasteiger partial charge in [0.05, 0.1) is 30.6 Å². The third kappa shape index (κ3) is 3.77. The third-order valence-corrected chi connectivity index (χ3v) is 3.21. The lowest BCUT2D eigenvalue weighted by atomic mass is 10.1. The van der Waals surface area contributed by atoms with E-state index in [9.17, 15) is 9.90 Å². The number of thioether (sulfide) groups is 1. The molecule has 1 rings (SSSR count). The van der Waals surface area contributed by atoms with Crippen molar-refractivity contribution in [3.63, 3.8) is 0 Å². The van der Waals surface area contributed by atoms with Crippen LogP contribution in [0.3, 0.4) is 0 Å². The van der Waals surface area contributed by atoms with E-state index in [0.717, 1.165) is 4.90 Å². The SMILES string of the molecule is COC(=O)CSc1cc(C#N)ccc1[C@@H](C)O. The number of nitrogens with zero attached hydrogens (tertiary/aromatic N) is 1. The van der Waals surface area contributed by atoms with Gasteiger partial charge in [0.2, 0.25) is 0 Å². The lowest BCUT2D eigenvalue weighted by Crippen LogP contribution is -2.04. The third-order valence-electron chi connectivity index (χ3n) is 2.17. The molecule has 0 amide bonds. The molecule has 1 atom stereocenters. The summed E-state index contributed by atoms with van der Waals surface area (Å²) in [4.78, 5) is 11.8. The highest BCUT2D eigenvalue weighted by Gasteiger charge is 2.11. The maximum atomic E-state index is 11.1. The molecule has 90 valence electrons. The van der Waals surface area contributed by atoms with Crippen LogP contribution in [0.25, 0.3) is 0 Å². The Morgan fingerprint density at radius 1 is 1.65 bits per heavy atom. The molecule has 1 N–H and O–H groups in total. The summed E-state index contributed by atoms with van der Waals surface area (Å²) >= 11 is 1.25. The van der Waals surface area contributed by atoms with Gasteiger partial charge in [0.25, 0.3) is 0 Å². The van der Waals surface area contributed by atoms with Crippen LogP contribution in [0.5, 0.6) is 0 Å². The molecular formula is C12H13NO3S. The minimum Gasteiger partial charge on any atom is -0.468 e. The van der Waals surface area contributed by atoms with Gasteiger partial charge in [0.15, 0.2) is 0 Å². The Labute approximate surface area is 104 Å². The van der Waals surface area contributed by atoms with Crippen molar-refractivity contribution in [2.24, 2.45) is 0 Å². The Balaban J connectivity index is 2.94. The van der Waals surface area contributed by atoms with Crippen LogP contribution >= 0.6 is 11.8 Å². The van der Waals surface area contributed by atoms with Crippen LogP contribution < -0.4 is 0 Å². The van der Waals surface area contributed by atoms with Crippen molar-refractivity contribution >= 4 is 17.7 Å². The minimum absolute atomic E-state index is 0.158. The molecule has 1 aromatic carbocycles. The van der Waals surface area contributed by atoms with Gasteiger partial charge in [-0.1, -0.05) is 6.07 Å². The van der Waals surface area contributed by atoms with E-state index in [2.05, 4.69) is 4.74 Å². The highest BCUT2D eigenvalue weighted by Crippen LogP contribution is 2.28. The summed E-state index contributed by atoms with van der Waals surface area (Å²) in [5, 5.41) is 18.4. The fraction of sp³-hybridized carbons (Fsp3) is 0.333. The Bertz CT molecular complexity index is 452. The van der Waals surface area contributed by atoms with E-state index in [-0.39, 0.29) is 11.7 Å². The van der Waals surface area contributed by atoms with Gasteiger partial charge in [0, 0.05) is 4.90 Å². The Kier molecular flexibility index (Phi) is 5.01. The van der Waals surface area contributed by atoms with E-state index in [4.69, 9.17) is 5.26 Å². The quantitative estimate of drug-likeness (QED) is 0.653. The van der Waals surface area contributed by atoms with Crippen molar-refractivity contribution in [1.29, 1.82) is 5.26 Å². The van der Waals surface area contributed by atoms with Crippen molar-refractivity contribution in [2.45, 2.75) is 17.9 Å². The molecule has 1 aromatic rings. The van der Waals surface area contributed by atoms with Gasteiger partial charge in [-0.05, 0) is 24.6 Å². The molecular weight excluding hydrogens is 238 g/mol. The second kappa shape index (κ2) is 6.28. The smallest absolute Gasteiger partial charge is 0.315 e. The van der Waals surface area contributed by atoms with Gasteiger partial charge in [-0.2, -0.15) is 5.26 Å². The lowest BCUT2D eigenvalue weighted by Gasteiger charge is -2.11. The molecule has 0 saturated heterocycles. The van der Waals surface area contributed by atoms with E-state index >= 15 is 0 Å². The molecule has 0 fully saturated rings. The summed E-state index contributed by atoms with van der Waals surface area (Å²) in [5.74, 6) is -0.181. The summed E-state index contributed by atoms with van der Waals surface area (Å²) < 4.78 is 4.54. The number of benzene rings is 1. The van der Waals surface area contributed by atoms with Crippen LogP contribution in [0.1, 0.15) is 24.2 Å². The van der Waals surface area contributed by atoms with Gasteiger partial charge in [-0.15, -0.1) is 11.8 Å². The summed E-state index contributed by atoms with van der Waals surface area (Å²) in [6.45, 7) is 1.64. The normalized spacial score (nSPS) is 11.6. The fourth-order valence-electron chi connectivity index (χ4n) is 1.27. The number of hydrogen-bond acceptors (Lipinski definition) is 5. The molecule has 0 aromatic heterocycles. The Morgan fingerprint density at radius 2 is 2.35 bits per heavy atom. The van der Waals surface area contributed by atoms with Crippen molar-refractivity contribution in [2.75, 3.05) is 12.9 Å². The topological polar surface area (TPSA) is 70.3 Å². The molecule has 4 nitrogen and oxygen atoms in total. The maximum absolute atomic E-state index is 11.1. The van der Waals surface area contributed by atoms with Crippen molar-refractivity contribution in [3.05, 3.63) is 29.3 Å². The number of hydrogen-bond donors (Lipinski definition) is 1. The largest absolute Gasteiger partial charge is 0.468 e. The molecule has 0 aliphatic heterocycles. The van der Waals surface area contributed by atoms with Crippen LogP contribution in [-0.4, -0.2) is 23.9 Å². The molecule has 0 aliphatic rings. The monoisotopic (exact) mass is 251 g/mol. The van der Waals surface area contributed by atoms with Crippen molar-refractivity contribution in [3.8, 4) is 6.07 Å². The van der Waals surface area contributed by atoms with Crippen LogP contribution in [0.2, 0.25) is 0 Å². The van der Waals surface area contributed by atoms with Crippen LogP contribution in [0.15, 0.2) is 23.1 Å². The predicted octanol–water partition coefficient (Wildman–Crippen LogP) is 1.88. The van der Waals surface area contributed by atoms with Gasteiger partial charge in [-0.3, -0.25) is 4.79 Å². The van der Waals surface area contributed by atoms with Gasteiger partial charge in [-0.25, -0.2) is 0 Å². The second-order valence-corrected chi connectivity index (χ2v) is 4.42. The first-order valence-electron chi connectivity index (χ1n) is 5.00. The molecule has 0 bridgehead atoms. The molecule has 0 radical (unpaired) electrons. The zero-order chi connectivity index (χ0) is 12.8. The first-order chi connectivity index (χ1) is 8.08. The summed E-state index contributed by atoms with van der Waals surface area (Å²) in [6.07, 6.45) is -0.636. The predicted molar refractivity (Wildman–Crippen MR) is 64.5 cm³/mol. The number of methoxy groups -OCH3 is 1. The van der Waals surface area contributed by atoms with E-state index in [1.165, 1.54) is 18.9 Å². The van der Waals surface area contributed by atoms with Gasteiger partial charge in [0.1, 0.15) is 0 Å². The van der Waals surface area contributed by atoms with Gasteiger partial charge >= 0.3 is 5.97 Å². The Hall–Kier alpha value is -1.51. The number of nitriles is 1. The number of esters is 1. The highest BCUT2D eigenvalue weighted by molar-refractivity contribution is 8.00. The number of carbonyl (C=O) groups excluding carboxylic acids is 1. The van der Waals surface area contributed by atoms with Crippen LogP contribution in [0.4, 0.5) is 0 Å².